The van der Waals surface area contributed by atoms with Gasteiger partial charge >= 0.3 is 11.9 Å². The number of aliphatic hydroxyl groups is 1. The molecule has 0 amide bonds. The quantitative estimate of drug-likeness (QED) is 0.438. The molecule has 0 aliphatic carbocycles. The van der Waals surface area contributed by atoms with E-state index in [1.54, 1.807) is 6.92 Å². The van der Waals surface area contributed by atoms with Crippen molar-refractivity contribution in [3.8, 4) is 0 Å². The molecular weight excluding hydrogens is 344 g/mol. The van der Waals surface area contributed by atoms with Crippen LogP contribution in [0.15, 0.2) is 18.2 Å². The van der Waals surface area contributed by atoms with Gasteiger partial charge in [0, 0.05) is 22.9 Å². The van der Waals surface area contributed by atoms with E-state index >= 15 is 0 Å². The predicted octanol–water partition coefficient (Wildman–Crippen LogP) is 1.95. The Morgan fingerprint density at radius 2 is 2.00 bits per heavy atom. The molecule has 0 spiro atoms. The maximum atomic E-state index is 12.0. The van der Waals surface area contributed by atoms with Crippen molar-refractivity contribution in [2.75, 3.05) is 11.9 Å². The SMILES string of the molecule is CCOC(=O)c1ccc(C(O)C(=O)O)c(C(=O)CCBr)c1. The number of aliphatic hydroxyl groups excluding tert-OH is 1. The van der Waals surface area contributed by atoms with Crippen LogP contribution in [-0.2, 0) is 9.53 Å². The van der Waals surface area contributed by atoms with Crippen molar-refractivity contribution >= 4 is 33.7 Å². The maximum Gasteiger partial charge on any atom is 0.338 e. The minimum atomic E-state index is -1.82. The Bertz CT molecular complexity index is 554. The van der Waals surface area contributed by atoms with Gasteiger partial charge in [-0.1, -0.05) is 22.0 Å². The Morgan fingerprint density at radius 1 is 1.33 bits per heavy atom. The average Bonchev–Trinajstić information content (AvgIpc) is 2.46. The van der Waals surface area contributed by atoms with Crippen LogP contribution < -0.4 is 0 Å². The molecule has 0 saturated carbocycles. The van der Waals surface area contributed by atoms with Gasteiger partial charge in [0.05, 0.1) is 12.2 Å². The first-order chi connectivity index (χ1) is 9.92. The van der Waals surface area contributed by atoms with Gasteiger partial charge < -0.3 is 14.9 Å². The number of carbonyl (C=O) groups is 3. The van der Waals surface area contributed by atoms with E-state index in [0.29, 0.717) is 5.33 Å². The number of rotatable bonds is 7. The number of alkyl halides is 1. The molecule has 114 valence electrons. The molecule has 1 atom stereocenters. The van der Waals surface area contributed by atoms with E-state index in [0.717, 1.165) is 0 Å². The summed E-state index contributed by atoms with van der Waals surface area (Å²) in [5.74, 6) is -2.44. The zero-order valence-corrected chi connectivity index (χ0v) is 12.9. The average molecular weight is 359 g/mol. The first kappa shape index (κ1) is 17.3. The fraction of sp³-hybridized carbons (Fsp3) is 0.357. The summed E-state index contributed by atoms with van der Waals surface area (Å²) in [6.07, 6.45) is -1.71. The van der Waals surface area contributed by atoms with Gasteiger partial charge in [0.15, 0.2) is 11.9 Å². The number of esters is 1. The number of halogens is 1. The highest BCUT2D eigenvalue weighted by atomic mass is 79.9. The lowest BCUT2D eigenvalue weighted by Gasteiger charge is -2.13. The Hall–Kier alpha value is -1.73. The molecule has 6 nitrogen and oxygen atoms in total. The van der Waals surface area contributed by atoms with Crippen molar-refractivity contribution in [2.45, 2.75) is 19.4 Å². The second-order valence-electron chi connectivity index (χ2n) is 4.13. The van der Waals surface area contributed by atoms with Crippen LogP contribution in [0.2, 0.25) is 0 Å². The lowest BCUT2D eigenvalue weighted by Crippen LogP contribution is -2.16. The number of carboxylic acids is 1. The fourth-order valence-corrected chi connectivity index (χ4v) is 2.09. The molecule has 0 fully saturated rings. The number of ether oxygens (including phenoxy) is 1. The van der Waals surface area contributed by atoms with Crippen LogP contribution in [0.1, 0.15) is 45.7 Å². The van der Waals surface area contributed by atoms with Crippen LogP contribution >= 0.6 is 15.9 Å². The molecule has 0 radical (unpaired) electrons. The van der Waals surface area contributed by atoms with Gasteiger partial charge in [-0.25, -0.2) is 9.59 Å². The fourth-order valence-electron chi connectivity index (χ4n) is 1.73. The van der Waals surface area contributed by atoms with Crippen LogP contribution in [0, 0.1) is 0 Å². The second-order valence-corrected chi connectivity index (χ2v) is 4.92. The van der Waals surface area contributed by atoms with Crippen molar-refractivity contribution in [1.29, 1.82) is 0 Å². The molecule has 1 rings (SSSR count). The summed E-state index contributed by atoms with van der Waals surface area (Å²) >= 11 is 3.12. The summed E-state index contributed by atoms with van der Waals surface area (Å²) in [6.45, 7) is 1.83. The molecule has 1 aromatic carbocycles. The van der Waals surface area contributed by atoms with Gasteiger partial charge in [-0.15, -0.1) is 0 Å². The molecule has 0 aliphatic rings. The van der Waals surface area contributed by atoms with Crippen molar-refractivity contribution in [2.24, 2.45) is 0 Å². The van der Waals surface area contributed by atoms with Crippen LogP contribution in [0.3, 0.4) is 0 Å². The monoisotopic (exact) mass is 358 g/mol. The van der Waals surface area contributed by atoms with Crippen molar-refractivity contribution in [3.63, 3.8) is 0 Å². The highest BCUT2D eigenvalue weighted by molar-refractivity contribution is 9.09. The van der Waals surface area contributed by atoms with E-state index in [1.165, 1.54) is 18.2 Å². The number of benzene rings is 1. The molecule has 0 heterocycles. The smallest absolute Gasteiger partial charge is 0.338 e. The Morgan fingerprint density at radius 3 is 2.52 bits per heavy atom. The van der Waals surface area contributed by atoms with E-state index in [1.807, 2.05) is 0 Å². The lowest BCUT2D eigenvalue weighted by atomic mass is 9.95. The van der Waals surface area contributed by atoms with Crippen LogP contribution in [-0.4, -0.2) is 39.9 Å². The maximum absolute atomic E-state index is 12.0. The van der Waals surface area contributed by atoms with E-state index < -0.39 is 18.0 Å². The van der Waals surface area contributed by atoms with Gasteiger partial charge in [-0.2, -0.15) is 0 Å². The first-order valence-electron chi connectivity index (χ1n) is 6.23. The molecule has 0 bridgehead atoms. The Labute approximate surface area is 129 Å². The van der Waals surface area contributed by atoms with E-state index in [2.05, 4.69) is 15.9 Å². The largest absolute Gasteiger partial charge is 0.479 e. The summed E-state index contributed by atoms with van der Waals surface area (Å²) in [6, 6.07) is 3.83. The van der Waals surface area contributed by atoms with Gasteiger partial charge in [0.1, 0.15) is 0 Å². The summed E-state index contributed by atoms with van der Waals surface area (Å²) in [7, 11) is 0. The van der Waals surface area contributed by atoms with Gasteiger partial charge in [-0.3, -0.25) is 4.79 Å². The van der Waals surface area contributed by atoms with E-state index in [9.17, 15) is 19.5 Å². The molecule has 7 heteroatoms. The van der Waals surface area contributed by atoms with Crippen molar-refractivity contribution in [3.05, 3.63) is 34.9 Å². The Balaban J connectivity index is 3.29. The molecule has 1 aromatic rings. The predicted molar refractivity (Wildman–Crippen MR) is 77.7 cm³/mol. The number of Topliss-reactive ketones (excluding diaryl/α,β-unsaturated/α-hetero) is 1. The number of carboxylic acid groups (broad SMARTS) is 1. The van der Waals surface area contributed by atoms with Gasteiger partial charge in [0.25, 0.3) is 0 Å². The summed E-state index contributed by atoms with van der Waals surface area (Å²) in [4.78, 5) is 34.6. The molecule has 1 unspecified atom stereocenters. The molecule has 0 aliphatic heterocycles. The zero-order valence-electron chi connectivity index (χ0n) is 11.3. The summed E-state index contributed by atoms with van der Waals surface area (Å²) in [5.41, 5.74) is 0.104. The topological polar surface area (TPSA) is 101 Å². The number of ketones is 1. The van der Waals surface area contributed by atoms with Crippen LogP contribution in [0.5, 0.6) is 0 Å². The minimum absolute atomic E-state index is 0.00917. The number of carbonyl (C=O) groups excluding carboxylic acids is 2. The van der Waals surface area contributed by atoms with E-state index in [-0.39, 0.29) is 35.5 Å². The van der Waals surface area contributed by atoms with Crippen molar-refractivity contribution in [1.82, 2.24) is 0 Å². The third-order valence-corrected chi connectivity index (χ3v) is 3.11. The molecule has 0 saturated heterocycles. The number of aliphatic carboxylic acids is 1. The lowest BCUT2D eigenvalue weighted by molar-refractivity contribution is -0.146. The van der Waals surface area contributed by atoms with Crippen LogP contribution in [0.25, 0.3) is 0 Å². The highest BCUT2D eigenvalue weighted by Gasteiger charge is 2.24. The first-order valence-corrected chi connectivity index (χ1v) is 7.35. The van der Waals surface area contributed by atoms with Gasteiger partial charge in [-0.05, 0) is 19.1 Å². The molecular formula is C14H15BrO6. The van der Waals surface area contributed by atoms with Crippen molar-refractivity contribution < 1.29 is 29.3 Å². The normalized spacial score (nSPS) is 11.8. The van der Waals surface area contributed by atoms with Gasteiger partial charge in [0.2, 0.25) is 0 Å². The summed E-state index contributed by atoms with van der Waals surface area (Å²) in [5, 5.41) is 18.9. The standard InChI is InChI=1S/C14H15BrO6/c1-2-21-14(20)8-3-4-9(12(17)13(18)19)10(7-8)11(16)5-6-15/h3-4,7,12,17H,2,5-6H2,1H3,(H,18,19). The molecule has 21 heavy (non-hydrogen) atoms. The number of hydrogen-bond donors (Lipinski definition) is 2. The number of hydrogen-bond acceptors (Lipinski definition) is 5. The minimum Gasteiger partial charge on any atom is -0.479 e. The van der Waals surface area contributed by atoms with E-state index in [4.69, 9.17) is 9.84 Å². The summed E-state index contributed by atoms with van der Waals surface area (Å²) < 4.78 is 4.83. The molecule has 0 aromatic heterocycles. The molecule has 2 N–H and O–H groups in total. The Kier molecular flexibility index (Phi) is 6.51. The zero-order chi connectivity index (χ0) is 16.0. The third kappa shape index (κ3) is 4.37. The van der Waals surface area contributed by atoms with Crippen LogP contribution in [0.4, 0.5) is 0 Å². The highest BCUT2D eigenvalue weighted by Crippen LogP contribution is 2.22. The second kappa shape index (κ2) is 7.90. The third-order valence-electron chi connectivity index (χ3n) is 2.71.